The maximum Gasteiger partial charge on any atom is 0.141 e. The second-order valence-electron chi connectivity index (χ2n) is 5.45. The second-order valence-corrected chi connectivity index (χ2v) is 5.45. The molecule has 2 N–H and O–H groups in total. The van der Waals surface area contributed by atoms with Gasteiger partial charge in [0.15, 0.2) is 0 Å². The van der Waals surface area contributed by atoms with E-state index >= 15 is 0 Å². The van der Waals surface area contributed by atoms with E-state index in [1.807, 2.05) is 25.1 Å². The van der Waals surface area contributed by atoms with Gasteiger partial charge < -0.3 is 15.2 Å². The molecule has 1 fully saturated rings. The number of likely N-dealkylation sites (tertiary alicyclic amines) is 1. The molecular weight excluding hydrogens is 252 g/mol. The van der Waals surface area contributed by atoms with E-state index in [0.717, 1.165) is 43.1 Å². The van der Waals surface area contributed by atoms with E-state index in [9.17, 15) is 0 Å². The number of nitrogens with zero attached hydrogens (tertiary/aromatic N) is 1. The van der Waals surface area contributed by atoms with Crippen LogP contribution < -0.4 is 15.2 Å². The molecule has 2 aliphatic rings. The number of fused-ring (bicyclic) bond motifs is 1. The van der Waals surface area contributed by atoms with Crippen LogP contribution in [0.15, 0.2) is 24.3 Å². The summed E-state index contributed by atoms with van der Waals surface area (Å²) in [6, 6.07) is 6.02. The summed E-state index contributed by atoms with van der Waals surface area (Å²) in [7, 11) is 0. The standard InChI is InChI=1S/C16H22N2O2/c1-2-19-14-3-4-15-13(11-14)5-6-16(20-15)7-9-18(12-16)10-8-17/h3-6,11H,2,7-10,12,17H2,1H3. The molecule has 4 nitrogen and oxygen atoms in total. The fourth-order valence-corrected chi connectivity index (χ4v) is 2.98. The zero-order chi connectivity index (χ0) is 14.0. The van der Waals surface area contributed by atoms with Crippen molar-refractivity contribution in [2.45, 2.75) is 18.9 Å². The Balaban J connectivity index is 1.77. The molecule has 0 radical (unpaired) electrons. The number of ether oxygens (including phenoxy) is 2. The topological polar surface area (TPSA) is 47.7 Å². The molecular formula is C16H22N2O2. The number of hydrogen-bond acceptors (Lipinski definition) is 4. The molecule has 4 heteroatoms. The van der Waals surface area contributed by atoms with Crippen molar-refractivity contribution in [3.63, 3.8) is 0 Å². The molecule has 1 saturated heterocycles. The predicted molar refractivity (Wildman–Crippen MR) is 80.1 cm³/mol. The first kappa shape index (κ1) is 13.5. The Morgan fingerprint density at radius 1 is 1.45 bits per heavy atom. The highest BCUT2D eigenvalue weighted by molar-refractivity contribution is 5.63. The minimum Gasteiger partial charge on any atom is -0.494 e. The van der Waals surface area contributed by atoms with Crippen molar-refractivity contribution in [2.75, 3.05) is 32.8 Å². The molecule has 1 atom stereocenters. The van der Waals surface area contributed by atoms with Crippen molar-refractivity contribution in [3.05, 3.63) is 29.8 Å². The maximum absolute atomic E-state index is 6.27. The summed E-state index contributed by atoms with van der Waals surface area (Å²) < 4.78 is 11.8. The molecule has 108 valence electrons. The quantitative estimate of drug-likeness (QED) is 0.911. The Bertz CT molecular complexity index is 515. The monoisotopic (exact) mass is 274 g/mol. The Hall–Kier alpha value is -1.52. The molecule has 1 aromatic carbocycles. The first-order valence-electron chi connectivity index (χ1n) is 7.32. The van der Waals surface area contributed by atoms with Crippen molar-refractivity contribution in [3.8, 4) is 11.5 Å². The van der Waals surface area contributed by atoms with Crippen molar-refractivity contribution >= 4 is 6.08 Å². The van der Waals surface area contributed by atoms with Gasteiger partial charge >= 0.3 is 0 Å². The Kier molecular flexibility index (Phi) is 3.68. The van der Waals surface area contributed by atoms with Crippen molar-refractivity contribution in [2.24, 2.45) is 5.73 Å². The van der Waals surface area contributed by atoms with Gasteiger partial charge in [0.25, 0.3) is 0 Å². The second kappa shape index (κ2) is 5.46. The predicted octanol–water partition coefficient (Wildman–Crippen LogP) is 1.89. The van der Waals surface area contributed by atoms with E-state index in [1.165, 1.54) is 0 Å². The van der Waals surface area contributed by atoms with Crippen molar-refractivity contribution in [1.82, 2.24) is 4.90 Å². The lowest BCUT2D eigenvalue weighted by atomic mass is 9.97. The summed E-state index contributed by atoms with van der Waals surface area (Å²) in [5.41, 5.74) is 6.56. The van der Waals surface area contributed by atoms with Gasteiger partial charge in [0, 0.05) is 38.2 Å². The van der Waals surface area contributed by atoms with E-state index in [1.54, 1.807) is 0 Å². The van der Waals surface area contributed by atoms with E-state index in [4.69, 9.17) is 15.2 Å². The van der Waals surface area contributed by atoms with Crippen LogP contribution >= 0.6 is 0 Å². The van der Waals surface area contributed by atoms with Crippen molar-refractivity contribution in [1.29, 1.82) is 0 Å². The zero-order valence-corrected chi connectivity index (χ0v) is 12.0. The molecule has 0 bridgehead atoms. The summed E-state index contributed by atoms with van der Waals surface area (Å²) in [4.78, 5) is 2.36. The Labute approximate surface area is 120 Å². The van der Waals surface area contributed by atoms with Crippen molar-refractivity contribution < 1.29 is 9.47 Å². The van der Waals surface area contributed by atoms with Gasteiger partial charge in [-0.1, -0.05) is 6.08 Å². The van der Waals surface area contributed by atoms with Gasteiger partial charge in [-0.15, -0.1) is 0 Å². The van der Waals surface area contributed by atoms with Crippen LogP contribution in [0.5, 0.6) is 11.5 Å². The molecule has 3 rings (SSSR count). The molecule has 0 saturated carbocycles. The molecule has 20 heavy (non-hydrogen) atoms. The third-order valence-electron chi connectivity index (χ3n) is 3.96. The maximum atomic E-state index is 6.27. The minimum absolute atomic E-state index is 0.171. The van der Waals surface area contributed by atoms with Gasteiger partial charge in [-0.3, -0.25) is 4.90 Å². The van der Waals surface area contributed by atoms with Crippen LogP contribution in [0.4, 0.5) is 0 Å². The van der Waals surface area contributed by atoms with Crippen LogP contribution in [-0.2, 0) is 0 Å². The number of nitrogens with two attached hydrogens (primary N) is 1. The first-order chi connectivity index (χ1) is 9.74. The third kappa shape index (κ3) is 2.53. The highest BCUT2D eigenvalue weighted by Gasteiger charge is 2.39. The lowest BCUT2D eigenvalue weighted by Gasteiger charge is -2.31. The lowest BCUT2D eigenvalue weighted by molar-refractivity contribution is 0.123. The van der Waals surface area contributed by atoms with E-state index < -0.39 is 0 Å². The fourth-order valence-electron chi connectivity index (χ4n) is 2.98. The fraction of sp³-hybridized carbons (Fsp3) is 0.500. The van der Waals surface area contributed by atoms with E-state index in [0.29, 0.717) is 13.2 Å². The average molecular weight is 274 g/mol. The summed E-state index contributed by atoms with van der Waals surface area (Å²) in [5, 5.41) is 0. The normalized spacial score (nSPS) is 24.7. The molecule has 1 spiro atoms. The summed E-state index contributed by atoms with van der Waals surface area (Å²) in [6.45, 7) is 6.29. The average Bonchev–Trinajstić information content (AvgIpc) is 2.83. The van der Waals surface area contributed by atoms with Gasteiger partial charge in [-0.25, -0.2) is 0 Å². The molecule has 0 amide bonds. The van der Waals surface area contributed by atoms with Gasteiger partial charge in [0.1, 0.15) is 17.1 Å². The minimum atomic E-state index is -0.171. The van der Waals surface area contributed by atoms with Gasteiger partial charge in [-0.05, 0) is 31.2 Å². The zero-order valence-electron chi connectivity index (χ0n) is 12.0. The smallest absolute Gasteiger partial charge is 0.141 e. The molecule has 0 aliphatic carbocycles. The van der Waals surface area contributed by atoms with Crippen LogP contribution in [0, 0.1) is 0 Å². The largest absolute Gasteiger partial charge is 0.494 e. The van der Waals surface area contributed by atoms with Crippen LogP contribution in [0.25, 0.3) is 6.08 Å². The first-order valence-corrected chi connectivity index (χ1v) is 7.32. The van der Waals surface area contributed by atoms with Crippen LogP contribution in [-0.4, -0.2) is 43.3 Å². The van der Waals surface area contributed by atoms with Crippen LogP contribution in [0.3, 0.4) is 0 Å². The summed E-state index contributed by atoms with van der Waals surface area (Å²) in [6.07, 6.45) is 5.38. The number of benzene rings is 1. The van der Waals surface area contributed by atoms with E-state index in [-0.39, 0.29) is 5.60 Å². The molecule has 0 aromatic heterocycles. The van der Waals surface area contributed by atoms with Gasteiger partial charge in [-0.2, -0.15) is 0 Å². The van der Waals surface area contributed by atoms with Gasteiger partial charge in [0.2, 0.25) is 0 Å². The highest BCUT2D eigenvalue weighted by Crippen LogP contribution is 2.37. The third-order valence-corrected chi connectivity index (χ3v) is 3.96. The molecule has 2 heterocycles. The SMILES string of the molecule is CCOc1ccc2c(c1)C=CC1(CCN(CCN)C1)O2. The van der Waals surface area contributed by atoms with Gasteiger partial charge in [0.05, 0.1) is 6.61 Å². The van der Waals surface area contributed by atoms with Crippen LogP contribution in [0.1, 0.15) is 18.9 Å². The summed E-state index contributed by atoms with van der Waals surface area (Å²) >= 11 is 0. The molecule has 1 unspecified atom stereocenters. The highest BCUT2D eigenvalue weighted by atomic mass is 16.5. The number of hydrogen-bond donors (Lipinski definition) is 1. The van der Waals surface area contributed by atoms with E-state index in [2.05, 4.69) is 17.1 Å². The Morgan fingerprint density at radius 2 is 2.35 bits per heavy atom. The summed E-state index contributed by atoms with van der Waals surface area (Å²) in [5.74, 6) is 1.84. The lowest BCUT2D eigenvalue weighted by Crippen LogP contribution is -2.39. The molecule has 2 aliphatic heterocycles. The number of rotatable bonds is 4. The Morgan fingerprint density at radius 3 is 3.15 bits per heavy atom. The molecule has 1 aromatic rings. The van der Waals surface area contributed by atoms with Crippen LogP contribution in [0.2, 0.25) is 0 Å².